The van der Waals surface area contributed by atoms with E-state index < -0.39 is 44.7 Å². The van der Waals surface area contributed by atoms with Crippen LogP contribution in [-0.4, -0.2) is 35.4 Å². The Bertz CT molecular complexity index is 1440. The second-order valence-corrected chi connectivity index (χ2v) is 9.85. The summed E-state index contributed by atoms with van der Waals surface area (Å²) in [5.41, 5.74) is 3.99. The first-order chi connectivity index (χ1) is 15.4. The number of anilines is 2. The molecule has 0 aliphatic heterocycles. The molecule has 2 heterocycles. The van der Waals surface area contributed by atoms with Crippen LogP contribution in [0.3, 0.4) is 0 Å². The highest BCUT2D eigenvalue weighted by molar-refractivity contribution is 7.94. The number of nitrogen functional groups attached to an aromatic ring is 1. The van der Waals surface area contributed by atoms with Crippen molar-refractivity contribution in [3.63, 3.8) is 0 Å². The summed E-state index contributed by atoms with van der Waals surface area (Å²) in [5, 5.41) is 1.63. The Kier molecular flexibility index (Phi) is 6.56. The van der Waals surface area contributed by atoms with E-state index in [9.17, 15) is 27.6 Å². The topological polar surface area (TPSA) is 160 Å². The zero-order chi connectivity index (χ0) is 24.5. The number of nitrogens with zero attached hydrogens (tertiary/aromatic N) is 2. The summed E-state index contributed by atoms with van der Waals surface area (Å²) in [6, 6.07) is 8.46. The molecule has 3 aromatic rings. The van der Waals surface area contributed by atoms with Crippen LogP contribution in [0.1, 0.15) is 27.6 Å². The molecular weight excluding hydrogens is 472 g/mol. The van der Waals surface area contributed by atoms with E-state index in [1.807, 2.05) is 0 Å². The van der Waals surface area contributed by atoms with Gasteiger partial charge in [0.25, 0.3) is 15.6 Å². The van der Waals surface area contributed by atoms with Crippen LogP contribution < -0.4 is 21.7 Å². The molecule has 0 unspecified atom stereocenters. The number of hydrogen-bond donors (Lipinski definition) is 2. The van der Waals surface area contributed by atoms with Crippen molar-refractivity contribution in [2.75, 3.05) is 10.5 Å². The molecular formula is C20H20N4O7S2. The van der Waals surface area contributed by atoms with Crippen molar-refractivity contribution < 1.29 is 22.7 Å². The SMILES string of the molecule is C[C@@H](OC(=O)c1ccc(NS(=O)(=O)c2cccs2)cc1)C(=O)c1c(N)n(C)c(=O)n(C)c1=O. The van der Waals surface area contributed by atoms with Crippen LogP contribution in [0.5, 0.6) is 0 Å². The maximum atomic E-state index is 12.7. The minimum absolute atomic E-state index is 0.0510. The summed E-state index contributed by atoms with van der Waals surface area (Å²) in [7, 11) is -1.24. The Morgan fingerprint density at radius 1 is 1.09 bits per heavy atom. The Hall–Kier alpha value is -3.71. The number of carbonyl (C=O) groups excluding carboxylic acids is 2. The Labute approximate surface area is 192 Å². The molecule has 0 radical (unpaired) electrons. The lowest BCUT2D eigenvalue weighted by Gasteiger charge is -2.15. The Balaban J connectivity index is 1.75. The summed E-state index contributed by atoms with van der Waals surface area (Å²) < 4.78 is 33.9. The summed E-state index contributed by atoms with van der Waals surface area (Å²) >= 11 is 1.06. The molecule has 0 amide bonds. The number of nitrogens with two attached hydrogens (primary N) is 1. The predicted octanol–water partition coefficient (Wildman–Crippen LogP) is 0.957. The molecule has 0 saturated carbocycles. The minimum atomic E-state index is -3.74. The lowest BCUT2D eigenvalue weighted by Crippen LogP contribution is -2.43. The Morgan fingerprint density at radius 3 is 2.30 bits per heavy atom. The van der Waals surface area contributed by atoms with E-state index in [-0.39, 0.29) is 21.3 Å². The summed E-state index contributed by atoms with van der Waals surface area (Å²) in [4.78, 5) is 49.4. The van der Waals surface area contributed by atoms with Crippen molar-refractivity contribution in [2.24, 2.45) is 14.1 Å². The van der Waals surface area contributed by atoms with Gasteiger partial charge in [0, 0.05) is 19.8 Å². The zero-order valence-corrected chi connectivity index (χ0v) is 19.4. The third-order valence-corrected chi connectivity index (χ3v) is 7.52. The molecule has 1 atom stereocenters. The van der Waals surface area contributed by atoms with E-state index in [1.54, 1.807) is 11.4 Å². The van der Waals surface area contributed by atoms with Gasteiger partial charge in [0.2, 0.25) is 5.78 Å². The highest BCUT2D eigenvalue weighted by atomic mass is 32.2. The van der Waals surface area contributed by atoms with Crippen LogP contribution in [0.2, 0.25) is 0 Å². The number of sulfonamides is 1. The van der Waals surface area contributed by atoms with Gasteiger partial charge in [0.15, 0.2) is 6.10 Å². The van der Waals surface area contributed by atoms with Gasteiger partial charge < -0.3 is 10.5 Å². The van der Waals surface area contributed by atoms with Crippen LogP contribution in [0.4, 0.5) is 11.5 Å². The molecule has 0 spiro atoms. The van der Waals surface area contributed by atoms with Gasteiger partial charge in [-0.3, -0.25) is 23.4 Å². The average Bonchev–Trinajstić information content (AvgIpc) is 3.32. The lowest BCUT2D eigenvalue weighted by molar-refractivity contribution is 0.0318. The van der Waals surface area contributed by atoms with Crippen LogP contribution in [-0.2, 0) is 28.9 Å². The highest BCUT2D eigenvalue weighted by Crippen LogP contribution is 2.21. The third-order valence-electron chi connectivity index (χ3n) is 4.74. The summed E-state index contributed by atoms with van der Waals surface area (Å²) in [6.07, 6.45) is -1.37. The van der Waals surface area contributed by atoms with E-state index in [0.29, 0.717) is 0 Å². The molecule has 0 aliphatic rings. The molecule has 174 valence electrons. The fourth-order valence-corrected chi connectivity index (χ4v) is 4.92. The van der Waals surface area contributed by atoms with Crippen molar-refractivity contribution in [3.05, 3.63) is 73.7 Å². The van der Waals surface area contributed by atoms with Gasteiger partial charge in [0.05, 0.1) is 5.56 Å². The van der Waals surface area contributed by atoms with Crippen molar-refractivity contribution in [3.8, 4) is 0 Å². The molecule has 13 heteroatoms. The van der Waals surface area contributed by atoms with E-state index in [2.05, 4.69) is 4.72 Å². The molecule has 0 fully saturated rings. The van der Waals surface area contributed by atoms with Gasteiger partial charge in [0.1, 0.15) is 15.6 Å². The second kappa shape index (κ2) is 9.03. The minimum Gasteiger partial charge on any atom is -0.451 e. The van der Waals surface area contributed by atoms with Crippen molar-refractivity contribution in [1.29, 1.82) is 0 Å². The van der Waals surface area contributed by atoms with Gasteiger partial charge in [-0.15, -0.1) is 11.3 Å². The smallest absolute Gasteiger partial charge is 0.338 e. The predicted molar refractivity (Wildman–Crippen MR) is 122 cm³/mol. The van der Waals surface area contributed by atoms with Gasteiger partial charge in [-0.1, -0.05) is 6.07 Å². The first kappa shape index (κ1) is 23.9. The Morgan fingerprint density at radius 2 is 1.73 bits per heavy atom. The molecule has 0 bridgehead atoms. The van der Waals surface area contributed by atoms with Crippen molar-refractivity contribution >= 4 is 44.6 Å². The maximum absolute atomic E-state index is 12.7. The fraction of sp³-hybridized carbons (Fsp3) is 0.200. The van der Waals surface area contributed by atoms with Crippen LogP contribution in [0, 0.1) is 0 Å². The first-order valence-electron chi connectivity index (χ1n) is 9.41. The highest BCUT2D eigenvalue weighted by Gasteiger charge is 2.27. The molecule has 2 aromatic heterocycles. The number of rotatable bonds is 7. The number of nitrogens with one attached hydrogen (secondary N) is 1. The molecule has 0 saturated heterocycles. The zero-order valence-electron chi connectivity index (χ0n) is 17.8. The number of esters is 1. The number of ether oxygens (including phenoxy) is 1. The average molecular weight is 493 g/mol. The van der Waals surface area contributed by atoms with E-state index >= 15 is 0 Å². The molecule has 1 aromatic carbocycles. The quantitative estimate of drug-likeness (QED) is 0.364. The lowest BCUT2D eigenvalue weighted by atomic mass is 10.1. The summed E-state index contributed by atoms with van der Waals surface area (Å²) in [5.74, 6) is -2.07. The monoisotopic (exact) mass is 492 g/mol. The molecule has 33 heavy (non-hydrogen) atoms. The fourth-order valence-electron chi connectivity index (χ4n) is 2.87. The van der Waals surface area contributed by atoms with Crippen molar-refractivity contribution in [1.82, 2.24) is 9.13 Å². The molecule has 3 rings (SSSR count). The van der Waals surface area contributed by atoms with Crippen LogP contribution >= 0.6 is 11.3 Å². The second-order valence-electron chi connectivity index (χ2n) is 6.99. The number of carbonyl (C=O) groups is 2. The number of aromatic nitrogens is 2. The number of hydrogen-bond acceptors (Lipinski definition) is 9. The number of thiophene rings is 1. The molecule has 3 N–H and O–H groups in total. The van der Waals surface area contributed by atoms with E-state index in [1.165, 1.54) is 51.4 Å². The van der Waals surface area contributed by atoms with E-state index in [4.69, 9.17) is 10.5 Å². The normalized spacial score (nSPS) is 12.2. The molecule has 0 aliphatic carbocycles. The van der Waals surface area contributed by atoms with Crippen LogP contribution in [0.25, 0.3) is 0 Å². The number of benzene rings is 1. The van der Waals surface area contributed by atoms with E-state index in [0.717, 1.165) is 20.5 Å². The van der Waals surface area contributed by atoms with Crippen molar-refractivity contribution in [2.45, 2.75) is 17.2 Å². The van der Waals surface area contributed by atoms with Gasteiger partial charge >= 0.3 is 11.7 Å². The van der Waals surface area contributed by atoms with Gasteiger partial charge in [-0.2, -0.15) is 0 Å². The first-order valence-corrected chi connectivity index (χ1v) is 11.8. The molecule has 11 nitrogen and oxygen atoms in total. The number of Topliss-reactive ketones (excluding diaryl/α,β-unsaturated/α-hetero) is 1. The maximum Gasteiger partial charge on any atom is 0.338 e. The van der Waals surface area contributed by atoms with Gasteiger partial charge in [-0.25, -0.2) is 18.0 Å². The van der Waals surface area contributed by atoms with Gasteiger partial charge in [-0.05, 0) is 42.6 Å². The third kappa shape index (κ3) is 4.73. The summed E-state index contributed by atoms with van der Waals surface area (Å²) in [6.45, 7) is 1.27. The van der Waals surface area contributed by atoms with Crippen LogP contribution in [0.15, 0.2) is 55.6 Å². The standard InChI is InChI=1S/C20H20N4O7S2/c1-11(16(25)15-17(21)23(2)20(28)24(3)18(15)26)31-19(27)12-6-8-13(9-7-12)22-33(29,30)14-5-4-10-32-14/h4-11,22H,21H2,1-3H3/t11-/m1/s1. The number of ketones is 1. The largest absolute Gasteiger partial charge is 0.451 e.